The second-order valence-corrected chi connectivity index (χ2v) is 3.76. The zero-order valence-electron chi connectivity index (χ0n) is 9.09. The van der Waals surface area contributed by atoms with Crippen LogP contribution in [0.25, 0.3) is 0 Å². The minimum atomic E-state index is 0.00630. The Kier molecular flexibility index (Phi) is 4.15. The molecular weight excluding hydrogens is 172 g/mol. The van der Waals surface area contributed by atoms with Gasteiger partial charge in [-0.25, -0.2) is 0 Å². The number of aliphatic hydroxyl groups is 1. The number of aryl methyl sites for hydroxylation is 1. The van der Waals surface area contributed by atoms with Gasteiger partial charge in [0.15, 0.2) is 0 Å². The van der Waals surface area contributed by atoms with E-state index in [1.807, 2.05) is 0 Å². The van der Waals surface area contributed by atoms with Crippen LogP contribution in [0, 0.1) is 13.8 Å². The molecule has 1 radical (unpaired) electrons. The molecule has 77 valence electrons. The molecule has 0 saturated carbocycles. The van der Waals surface area contributed by atoms with Crippen molar-refractivity contribution in [3.8, 4) is 0 Å². The van der Waals surface area contributed by atoms with E-state index in [4.69, 9.17) is 5.11 Å². The molecule has 0 fully saturated rings. The van der Waals surface area contributed by atoms with Gasteiger partial charge in [0.2, 0.25) is 0 Å². The van der Waals surface area contributed by atoms with E-state index in [0.29, 0.717) is 0 Å². The molecule has 0 aliphatic heterocycles. The van der Waals surface area contributed by atoms with Crippen LogP contribution in [-0.4, -0.2) is 11.7 Å². The summed E-state index contributed by atoms with van der Waals surface area (Å²) in [4.78, 5) is 0. The molecule has 0 aliphatic carbocycles. The van der Waals surface area contributed by atoms with Crippen LogP contribution < -0.4 is 0 Å². The molecule has 0 aliphatic rings. The maximum absolute atomic E-state index is 9.07. The molecule has 1 heteroatoms. The highest BCUT2D eigenvalue weighted by molar-refractivity contribution is 5.37. The highest BCUT2D eigenvalue weighted by atomic mass is 16.3. The number of rotatable bonds is 4. The minimum absolute atomic E-state index is 0.00630. The van der Waals surface area contributed by atoms with Gasteiger partial charge in [0.05, 0.1) is 0 Å². The van der Waals surface area contributed by atoms with Crippen LogP contribution in [0.2, 0.25) is 0 Å². The highest BCUT2D eigenvalue weighted by Gasteiger charge is 2.09. The fourth-order valence-electron chi connectivity index (χ4n) is 1.78. The number of hydrogen-bond acceptors (Lipinski definition) is 1. The molecule has 1 aromatic carbocycles. The Morgan fingerprint density at radius 3 is 2.71 bits per heavy atom. The molecule has 1 nitrogen and oxygen atoms in total. The number of benzene rings is 1. The summed E-state index contributed by atoms with van der Waals surface area (Å²) in [5.74, 6) is 0.00630. The van der Waals surface area contributed by atoms with Gasteiger partial charge in [0.1, 0.15) is 0 Å². The van der Waals surface area contributed by atoms with Crippen LogP contribution in [0.1, 0.15) is 36.0 Å². The normalized spacial score (nSPS) is 12.9. The largest absolute Gasteiger partial charge is 0.396 e. The first-order valence-electron chi connectivity index (χ1n) is 5.23. The molecule has 14 heavy (non-hydrogen) atoms. The summed E-state index contributed by atoms with van der Waals surface area (Å²) >= 11 is 0. The molecule has 0 amide bonds. The van der Waals surface area contributed by atoms with E-state index in [-0.39, 0.29) is 12.5 Å². The second-order valence-electron chi connectivity index (χ2n) is 3.76. The van der Waals surface area contributed by atoms with E-state index in [1.54, 1.807) is 0 Å². The molecule has 0 heterocycles. The summed E-state index contributed by atoms with van der Waals surface area (Å²) in [7, 11) is 0. The van der Waals surface area contributed by atoms with Crippen LogP contribution in [0.15, 0.2) is 18.2 Å². The SMILES string of the molecule is [CH2]C(CO)c1cccc(CCC)c1C. The summed E-state index contributed by atoms with van der Waals surface area (Å²) in [6, 6.07) is 6.27. The third-order valence-electron chi connectivity index (χ3n) is 2.67. The minimum Gasteiger partial charge on any atom is -0.396 e. The molecule has 1 atom stereocenters. The average molecular weight is 191 g/mol. The van der Waals surface area contributed by atoms with Crippen LogP contribution >= 0.6 is 0 Å². The van der Waals surface area contributed by atoms with Gasteiger partial charge in [-0.05, 0) is 37.0 Å². The summed E-state index contributed by atoms with van der Waals surface area (Å²) in [6.45, 7) is 8.36. The van der Waals surface area contributed by atoms with Crippen LogP contribution in [0.3, 0.4) is 0 Å². The first kappa shape index (κ1) is 11.3. The molecular formula is C13H19O. The fraction of sp³-hybridized carbons (Fsp3) is 0.462. The zero-order chi connectivity index (χ0) is 10.6. The van der Waals surface area contributed by atoms with Crippen LogP contribution in [-0.2, 0) is 6.42 Å². The quantitative estimate of drug-likeness (QED) is 0.776. The molecule has 0 spiro atoms. The monoisotopic (exact) mass is 191 g/mol. The molecule has 0 saturated heterocycles. The lowest BCUT2D eigenvalue weighted by Gasteiger charge is -2.14. The van der Waals surface area contributed by atoms with E-state index in [9.17, 15) is 0 Å². The summed E-state index contributed by atoms with van der Waals surface area (Å²) in [5, 5.41) is 9.07. The van der Waals surface area contributed by atoms with Crippen molar-refractivity contribution in [2.24, 2.45) is 0 Å². The van der Waals surface area contributed by atoms with E-state index in [1.165, 1.54) is 16.7 Å². The predicted molar refractivity (Wildman–Crippen MR) is 60.4 cm³/mol. The number of hydrogen-bond donors (Lipinski definition) is 1. The van der Waals surface area contributed by atoms with E-state index in [2.05, 4.69) is 39.0 Å². The Morgan fingerprint density at radius 1 is 1.43 bits per heavy atom. The standard InChI is InChI=1S/C13H19O/c1-4-6-12-7-5-8-13(11(12)3)10(2)9-14/h5,7-8,10,14H,2,4,6,9H2,1,3H3. The van der Waals surface area contributed by atoms with E-state index in [0.717, 1.165) is 12.8 Å². The predicted octanol–water partition coefficient (Wildman–Crippen LogP) is 2.86. The Bertz CT molecular complexity index is 291. The molecule has 0 aromatic heterocycles. The van der Waals surface area contributed by atoms with Gasteiger partial charge in [0, 0.05) is 12.5 Å². The second kappa shape index (κ2) is 5.16. The third kappa shape index (κ3) is 2.36. The van der Waals surface area contributed by atoms with Crippen molar-refractivity contribution in [1.82, 2.24) is 0 Å². The van der Waals surface area contributed by atoms with Crippen LogP contribution in [0.4, 0.5) is 0 Å². The molecule has 1 aromatic rings. The van der Waals surface area contributed by atoms with Gasteiger partial charge in [0.25, 0.3) is 0 Å². The Balaban J connectivity index is 3.00. The average Bonchev–Trinajstić information content (AvgIpc) is 2.20. The highest BCUT2D eigenvalue weighted by Crippen LogP contribution is 2.22. The summed E-state index contributed by atoms with van der Waals surface area (Å²) in [5.41, 5.74) is 3.86. The maximum Gasteiger partial charge on any atom is 0.0499 e. The van der Waals surface area contributed by atoms with Crippen molar-refractivity contribution in [3.63, 3.8) is 0 Å². The zero-order valence-corrected chi connectivity index (χ0v) is 9.09. The first-order chi connectivity index (χ1) is 6.70. The van der Waals surface area contributed by atoms with E-state index < -0.39 is 0 Å². The Morgan fingerprint density at radius 2 is 2.14 bits per heavy atom. The van der Waals surface area contributed by atoms with Crippen molar-refractivity contribution in [2.45, 2.75) is 32.6 Å². The van der Waals surface area contributed by atoms with Crippen molar-refractivity contribution in [1.29, 1.82) is 0 Å². The molecule has 1 unspecified atom stereocenters. The lowest BCUT2D eigenvalue weighted by Crippen LogP contribution is -2.03. The van der Waals surface area contributed by atoms with Gasteiger partial charge in [-0.3, -0.25) is 0 Å². The summed E-state index contributed by atoms with van der Waals surface area (Å²) in [6.07, 6.45) is 2.27. The lowest BCUT2D eigenvalue weighted by atomic mass is 9.92. The van der Waals surface area contributed by atoms with Crippen molar-refractivity contribution >= 4 is 0 Å². The topological polar surface area (TPSA) is 20.2 Å². The lowest BCUT2D eigenvalue weighted by molar-refractivity contribution is 0.282. The van der Waals surface area contributed by atoms with Gasteiger partial charge >= 0.3 is 0 Å². The van der Waals surface area contributed by atoms with Crippen LogP contribution in [0.5, 0.6) is 0 Å². The molecule has 1 rings (SSSR count). The van der Waals surface area contributed by atoms with Crippen molar-refractivity contribution in [3.05, 3.63) is 41.8 Å². The summed E-state index contributed by atoms with van der Waals surface area (Å²) < 4.78 is 0. The molecule has 0 bridgehead atoms. The third-order valence-corrected chi connectivity index (χ3v) is 2.67. The first-order valence-corrected chi connectivity index (χ1v) is 5.23. The smallest absolute Gasteiger partial charge is 0.0499 e. The van der Waals surface area contributed by atoms with Crippen molar-refractivity contribution < 1.29 is 5.11 Å². The Hall–Kier alpha value is -0.820. The van der Waals surface area contributed by atoms with Gasteiger partial charge < -0.3 is 5.11 Å². The van der Waals surface area contributed by atoms with Gasteiger partial charge in [-0.1, -0.05) is 31.5 Å². The van der Waals surface area contributed by atoms with Gasteiger partial charge in [-0.15, -0.1) is 0 Å². The fourth-order valence-corrected chi connectivity index (χ4v) is 1.78. The van der Waals surface area contributed by atoms with Crippen molar-refractivity contribution in [2.75, 3.05) is 6.61 Å². The Labute approximate surface area is 86.8 Å². The number of aliphatic hydroxyl groups excluding tert-OH is 1. The maximum atomic E-state index is 9.07. The van der Waals surface area contributed by atoms with Gasteiger partial charge in [-0.2, -0.15) is 0 Å². The molecule has 1 N–H and O–H groups in total. The van der Waals surface area contributed by atoms with E-state index >= 15 is 0 Å².